The summed E-state index contributed by atoms with van der Waals surface area (Å²) in [5, 5.41) is 13.9. The largest absolute Gasteiger partial charge is 0.465 e. The molecule has 1 atom stereocenters. The van der Waals surface area contributed by atoms with E-state index in [1.54, 1.807) is 44.3 Å². The lowest BCUT2D eigenvalue weighted by atomic mass is 9.82. The van der Waals surface area contributed by atoms with Crippen molar-refractivity contribution in [1.82, 2.24) is 10.3 Å². The number of nitriles is 1. The average Bonchev–Trinajstić information content (AvgIpc) is 2.82. The highest BCUT2D eigenvalue weighted by Gasteiger charge is 2.35. The number of esters is 2. The number of hydrogen-bond donors (Lipinski definition) is 1. The van der Waals surface area contributed by atoms with Gasteiger partial charge in [0, 0.05) is 17.6 Å². The molecule has 0 saturated carbocycles. The molecule has 1 aromatic carbocycles. The number of benzene rings is 1. The Morgan fingerprint density at radius 2 is 1.94 bits per heavy atom. The number of hydrogen-bond acceptors (Lipinski definition) is 8. The number of thioether (sulfide) groups is 1. The zero-order valence-electron chi connectivity index (χ0n) is 18.0. The summed E-state index contributed by atoms with van der Waals surface area (Å²) < 4.78 is 10.0. The Labute approximate surface area is 191 Å². The van der Waals surface area contributed by atoms with E-state index < -0.39 is 17.9 Å². The number of carbonyl (C=O) groups excluding carboxylic acids is 2. The molecule has 1 aliphatic rings. The van der Waals surface area contributed by atoms with Crippen molar-refractivity contribution in [2.45, 2.75) is 25.5 Å². The first kappa shape index (κ1) is 23.1. The van der Waals surface area contributed by atoms with E-state index in [9.17, 15) is 14.9 Å². The summed E-state index contributed by atoms with van der Waals surface area (Å²) in [6, 6.07) is 14.7. The third-order valence-electron chi connectivity index (χ3n) is 4.90. The summed E-state index contributed by atoms with van der Waals surface area (Å²) in [6.45, 7) is 3.74. The third-order valence-corrected chi connectivity index (χ3v) is 5.95. The molecule has 0 radical (unpaired) electrons. The molecule has 0 fully saturated rings. The third kappa shape index (κ3) is 5.01. The zero-order chi connectivity index (χ0) is 23.1. The molecule has 0 saturated heterocycles. The Balaban J connectivity index is 2.03. The van der Waals surface area contributed by atoms with Crippen LogP contribution in [-0.4, -0.2) is 30.6 Å². The normalized spacial score (nSPS) is 15.6. The predicted octanol–water partition coefficient (Wildman–Crippen LogP) is 4.06. The minimum atomic E-state index is -0.627. The maximum absolute atomic E-state index is 12.8. The van der Waals surface area contributed by atoms with Gasteiger partial charge in [-0.1, -0.05) is 18.2 Å². The van der Waals surface area contributed by atoms with E-state index in [0.29, 0.717) is 38.8 Å². The van der Waals surface area contributed by atoms with Gasteiger partial charge in [-0.2, -0.15) is 5.26 Å². The van der Waals surface area contributed by atoms with Crippen LogP contribution in [0.3, 0.4) is 0 Å². The van der Waals surface area contributed by atoms with Crippen molar-refractivity contribution in [2.24, 2.45) is 0 Å². The lowest BCUT2D eigenvalue weighted by Gasteiger charge is -2.29. The first-order valence-corrected chi connectivity index (χ1v) is 11.0. The van der Waals surface area contributed by atoms with Gasteiger partial charge in [0.05, 0.1) is 53.1 Å². The fourth-order valence-corrected chi connectivity index (χ4v) is 4.41. The van der Waals surface area contributed by atoms with Crippen LogP contribution in [-0.2, 0) is 20.0 Å². The highest BCUT2D eigenvalue weighted by Crippen LogP contribution is 2.41. The number of allylic oxidation sites excluding steroid dienone is 2. The highest BCUT2D eigenvalue weighted by molar-refractivity contribution is 8.02. The predicted molar refractivity (Wildman–Crippen MR) is 121 cm³/mol. The van der Waals surface area contributed by atoms with Crippen LogP contribution in [0.4, 0.5) is 0 Å². The van der Waals surface area contributed by atoms with Crippen LogP contribution in [0, 0.1) is 11.3 Å². The van der Waals surface area contributed by atoms with Gasteiger partial charge in [-0.25, -0.2) is 9.59 Å². The summed E-state index contributed by atoms with van der Waals surface area (Å²) in [5.74, 6) is -1.01. The number of aromatic nitrogens is 1. The number of pyridine rings is 1. The summed E-state index contributed by atoms with van der Waals surface area (Å²) in [5.41, 5.74) is 3.36. The Bertz CT molecular complexity index is 1100. The summed E-state index contributed by atoms with van der Waals surface area (Å²) in [6.07, 6.45) is 1.72. The second-order valence-corrected chi connectivity index (χ2v) is 7.88. The maximum atomic E-state index is 12.8. The van der Waals surface area contributed by atoms with Crippen molar-refractivity contribution in [3.05, 3.63) is 87.4 Å². The van der Waals surface area contributed by atoms with Crippen LogP contribution in [0.25, 0.3) is 0 Å². The molecule has 1 N–H and O–H groups in total. The first-order valence-electron chi connectivity index (χ1n) is 10.00. The van der Waals surface area contributed by atoms with Gasteiger partial charge in [0.1, 0.15) is 0 Å². The van der Waals surface area contributed by atoms with Gasteiger partial charge in [-0.3, -0.25) is 4.98 Å². The molecule has 0 spiro atoms. The SMILES string of the molecule is CCOC(=O)C1=C(C)NC(SCc2ccccn2)=C(C#N)C1c1ccc(C(=O)OC)cc1. The average molecular weight is 450 g/mol. The van der Waals surface area contributed by atoms with Crippen LogP contribution in [0.1, 0.15) is 41.4 Å². The molecular weight excluding hydrogens is 426 g/mol. The van der Waals surface area contributed by atoms with E-state index in [0.717, 1.165) is 5.69 Å². The van der Waals surface area contributed by atoms with E-state index in [1.165, 1.54) is 18.9 Å². The van der Waals surface area contributed by atoms with Crippen LogP contribution in [0.5, 0.6) is 0 Å². The molecule has 1 unspecified atom stereocenters. The smallest absolute Gasteiger partial charge is 0.337 e. The van der Waals surface area contributed by atoms with Crippen LogP contribution < -0.4 is 5.32 Å². The number of methoxy groups -OCH3 is 1. The monoisotopic (exact) mass is 449 g/mol. The minimum Gasteiger partial charge on any atom is -0.465 e. The number of nitrogens with one attached hydrogen (secondary N) is 1. The van der Waals surface area contributed by atoms with Gasteiger partial charge in [0.25, 0.3) is 0 Å². The molecule has 2 heterocycles. The van der Waals surface area contributed by atoms with Crippen molar-refractivity contribution in [3.8, 4) is 6.07 Å². The molecule has 164 valence electrons. The number of carbonyl (C=O) groups is 2. The molecule has 2 aromatic rings. The number of rotatable bonds is 7. The van der Waals surface area contributed by atoms with E-state index in [2.05, 4.69) is 16.4 Å². The first-order chi connectivity index (χ1) is 15.5. The number of dihydropyridines is 1. The van der Waals surface area contributed by atoms with E-state index in [4.69, 9.17) is 9.47 Å². The molecular formula is C24H23N3O4S. The Kier molecular flexibility index (Phi) is 7.68. The topological polar surface area (TPSA) is 101 Å². The van der Waals surface area contributed by atoms with Crippen LogP contribution >= 0.6 is 11.8 Å². The molecule has 0 aliphatic carbocycles. The molecule has 8 heteroatoms. The lowest BCUT2D eigenvalue weighted by molar-refractivity contribution is -0.138. The molecule has 0 bridgehead atoms. The van der Waals surface area contributed by atoms with E-state index in [-0.39, 0.29) is 6.61 Å². The second kappa shape index (κ2) is 10.6. The van der Waals surface area contributed by atoms with Gasteiger partial charge in [-0.05, 0) is 43.7 Å². The lowest BCUT2D eigenvalue weighted by Crippen LogP contribution is -2.29. The van der Waals surface area contributed by atoms with E-state index >= 15 is 0 Å². The van der Waals surface area contributed by atoms with Gasteiger partial charge < -0.3 is 14.8 Å². The fourth-order valence-electron chi connectivity index (χ4n) is 3.40. The van der Waals surface area contributed by atoms with E-state index in [1.807, 2.05) is 18.2 Å². The summed E-state index contributed by atoms with van der Waals surface area (Å²) >= 11 is 1.45. The zero-order valence-corrected chi connectivity index (χ0v) is 18.9. The van der Waals surface area contributed by atoms with Crippen LogP contribution in [0.15, 0.2) is 70.5 Å². The molecule has 32 heavy (non-hydrogen) atoms. The van der Waals surface area contributed by atoms with Crippen LogP contribution in [0.2, 0.25) is 0 Å². The quantitative estimate of drug-likeness (QED) is 0.632. The summed E-state index contributed by atoms with van der Waals surface area (Å²) in [4.78, 5) is 29.0. The molecule has 7 nitrogen and oxygen atoms in total. The van der Waals surface area contributed by atoms with Gasteiger partial charge >= 0.3 is 11.9 Å². The van der Waals surface area contributed by atoms with Crippen molar-refractivity contribution in [1.29, 1.82) is 5.26 Å². The Morgan fingerprint density at radius 1 is 1.19 bits per heavy atom. The summed E-state index contributed by atoms with van der Waals surface area (Å²) in [7, 11) is 1.32. The van der Waals surface area contributed by atoms with Crippen molar-refractivity contribution in [3.63, 3.8) is 0 Å². The van der Waals surface area contributed by atoms with Crippen molar-refractivity contribution in [2.75, 3.05) is 13.7 Å². The number of nitrogens with zero attached hydrogens (tertiary/aromatic N) is 2. The van der Waals surface area contributed by atoms with Gasteiger partial charge in [-0.15, -0.1) is 11.8 Å². The second-order valence-electron chi connectivity index (χ2n) is 6.90. The standard InChI is InChI=1S/C24H23N3O4S/c1-4-31-24(29)20-15(2)27-22(32-14-18-7-5-6-12-26-18)19(13-25)21(20)16-8-10-17(11-9-16)23(28)30-3/h5-12,21,27H,4,14H2,1-3H3. The minimum absolute atomic E-state index is 0.219. The molecule has 3 rings (SSSR count). The van der Waals surface area contributed by atoms with Gasteiger partial charge in [0.2, 0.25) is 0 Å². The maximum Gasteiger partial charge on any atom is 0.337 e. The number of ether oxygens (including phenoxy) is 2. The van der Waals surface area contributed by atoms with Crippen molar-refractivity contribution < 1.29 is 19.1 Å². The Morgan fingerprint density at radius 3 is 2.53 bits per heavy atom. The van der Waals surface area contributed by atoms with Gasteiger partial charge in [0.15, 0.2) is 0 Å². The highest BCUT2D eigenvalue weighted by atomic mass is 32.2. The fraction of sp³-hybridized carbons (Fsp3) is 0.250. The Hall–Kier alpha value is -3.57. The molecule has 1 aromatic heterocycles. The molecule has 1 aliphatic heterocycles. The van der Waals surface area contributed by atoms with Crippen molar-refractivity contribution >= 4 is 23.7 Å². The molecule has 0 amide bonds.